The minimum atomic E-state index is -1.38. The monoisotopic (exact) mass is 184 g/mol. The second-order valence-electron chi connectivity index (χ2n) is 0.933. The summed E-state index contributed by atoms with van der Waals surface area (Å²) in [5, 5.41) is 7.96. The van der Waals surface area contributed by atoms with Crippen LogP contribution in [0.1, 0.15) is 0 Å². The Hall–Kier alpha value is -0.741. The number of primary amides is 1. The first-order valence-corrected chi connectivity index (χ1v) is 2.41. The van der Waals surface area contributed by atoms with Crippen LogP contribution in [0.25, 0.3) is 0 Å². The molecule has 0 atom stereocenters. The van der Waals surface area contributed by atoms with E-state index >= 15 is 0 Å². The molecule has 3 N–H and O–H groups in total. The molecule has 0 aromatic carbocycles. The number of urea groups is 1. The topological polar surface area (TPSA) is 83.6 Å². The van der Waals surface area contributed by atoms with Crippen molar-refractivity contribution in [1.29, 1.82) is 0 Å². The first-order valence-electron chi connectivity index (χ1n) is 1.57. The van der Waals surface area contributed by atoms with Gasteiger partial charge in [-0.05, 0) is 0 Å². The van der Waals surface area contributed by atoms with Gasteiger partial charge in [-0.25, -0.2) is 0 Å². The molecule has 0 radical (unpaired) electrons. The van der Waals surface area contributed by atoms with Gasteiger partial charge in [0.2, 0.25) is 0 Å². The summed E-state index contributed by atoms with van der Waals surface area (Å²) >= 11 is 1.50. The van der Waals surface area contributed by atoms with Gasteiger partial charge in [0.1, 0.15) is 0 Å². The second kappa shape index (κ2) is 2.54. The fourth-order valence-electron chi connectivity index (χ4n) is 0.0943. The zero-order valence-corrected chi connectivity index (χ0v) is 5.61. The van der Waals surface area contributed by atoms with Gasteiger partial charge in [0, 0.05) is 0 Å². The molecule has 0 saturated heterocycles. The van der Waals surface area contributed by atoms with Crippen LogP contribution < -0.4 is 5.73 Å². The van der Waals surface area contributed by atoms with Crippen molar-refractivity contribution in [2.24, 2.45) is 5.73 Å². The van der Waals surface area contributed by atoms with E-state index in [9.17, 15) is 9.59 Å². The van der Waals surface area contributed by atoms with E-state index in [4.69, 9.17) is 5.11 Å². The fraction of sp³-hybridized carbons (Fsp3) is 0. The van der Waals surface area contributed by atoms with Crippen LogP contribution in [0, 0.1) is 0 Å². The number of hydrogen-bond acceptors (Lipinski definition) is 2. The van der Waals surface area contributed by atoms with E-state index in [1.54, 1.807) is 0 Å². The van der Waals surface area contributed by atoms with Crippen LogP contribution in [-0.4, -0.2) is 37.4 Å². The van der Waals surface area contributed by atoms with Crippen molar-refractivity contribution in [2.75, 3.05) is 0 Å². The molecule has 8 heavy (non-hydrogen) atoms. The van der Waals surface area contributed by atoms with E-state index < -0.39 is 12.1 Å². The molecule has 46 valence electrons. The van der Waals surface area contributed by atoms with Gasteiger partial charge < -0.3 is 0 Å². The molecule has 0 aliphatic rings. The number of imide groups is 1. The Kier molecular flexibility index (Phi) is 2.30. The van der Waals surface area contributed by atoms with Crippen molar-refractivity contribution < 1.29 is 14.7 Å². The van der Waals surface area contributed by atoms with Gasteiger partial charge in [0.05, 0.1) is 0 Å². The van der Waals surface area contributed by atoms with Crippen molar-refractivity contribution in [3.63, 3.8) is 0 Å². The van der Waals surface area contributed by atoms with Crippen LogP contribution >= 0.6 is 0 Å². The Morgan fingerprint density at radius 3 is 2.00 bits per heavy atom. The zero-order valence-electron chi connectivity index (χ0n) is 3.74. The van der Waals surface area contributed by atoms with E-state index in [0.717, 1.165) is 0 Å². The number of nitrogens with two attached hydrogens (primary N) is 1. The molecule has 0 saturated carbocycles. The van der Waals surface area contributed by atoms with Crippen molar-refractivity contribution in [3.05, 3.63) is 0 Å². The maximum absolute atomic E-state index is 9.89. The summed E-state index contributed by atoms with van der Waals surface area (Å²) in [5.74, 6) is 0. The third-order valence-electron chi connectivity index (χ3n) is 0.390. The molecule has 0 aromatic heterocycles. The molecule has 0 heterocycles. The summed E-state index contributed by atoms with van der Waals surface area (Å²) in [5.41, 5.74) is 4.53. The van der Waals surface area contributed by atoms with Crippen molar-refractivity contribution in [2.45, 2.75) is 0 Å². The van der Waals surface area contributed by atoms with Crippen LogP contribution in [0.4, 0.5) is 9.59 Å². The molecular weight excluding hydrogens is 179 g/mol. The predicted molar refractivity (Wildman–Crippen MR) is 26.6 cm³/mol. The molecule has 0 bridgehead atoms. The van der Waals surface area contributed by atoms with Crippen LogP contribution in [-0.2, 0) is 0 Å². The third kappa shape index (κ3) is 1.81. The summed E-state index contributed by atoms with van der Waals surface area (Å²) in [6.45, 7) is 0. The Morgan fingerprint density at radius 2 is 2.00 bits per heavy atom. The molecule has 0 aliphatic heterocycles. The van der Waals surface area contributed by atoms with Crippen molar-refractivity contribution >= 4 is 28.4 Å². The average Bonchev–Trinajstić information content (AvgIpc) is 1.64. The van der Waals surface area contributed by atoms with E-state index in [2.05, 4.69) is 5.73 Å². The Balaban J connectivity index is 3.83. The number of carbonyl (C=O) groups is 2. The number of amides is 3. The molecule has 3 amide bonds. The van der Waals surface area contributed by atoms with Crippen LogP contribution in [0.3, 0.4) is 0 Å². The van der Waals surface area contributed by atoms with Crippen LogP contribution in [0.2, 0.25) is 0 Å². The summed E-state index contributed by atoms with van der Waals surface area (Å²) in [6, 6.07) is -1.00. The summed E-state index contributed by atoms with van der Waals surface area (Å²) < 4.78 is 0.326. The number of nitrogens with zero attached hydrogens (tertiary/aromatic N) is 1. The quantitative estimate of drug-likeness (QED) is 0.465. The van der Waals surface area contributed by atoms with Gasteiger partial charge >= 0.3 is 52.7 Å². The molecule has 0 aromatic rings. The second-order valence-corrected chi connectivity index (χ2v) is 1.77. The van der Waals surface area contributed by atoms with Gasteiger partial charge in [-0.1, -0.05) is 0 Å². The Morgan fingerprint density at radius 1 is 1.62 bits per heavy atom. The first-order chi connectivity index (χ1) is 3.55. The molecule has 5 nitrogen and oxygen atoms in total. The molecule has 0 spiro atoms. The molecule has 0 rings (SSSR count). The van der Waals surface area contributed by atoms with Crippen molar-refractivity contribution in [3.8, 4) is 0 Å². The Labute approximate surface area is 53.5 Å². The van der Waals surface area contributed by atoms with Gasteiger partial charge in [-0.3, -0.25) is 0 Å². The van der Waals surface area contributed by atoms with E-state index in [1.165, 1.54) is 16.2 Å². The zero-order chi connectivity index (χ0) is 6.73. The van der Waals surface area contributed by atoms with Gasteiger partial charge in [-0.2, -0.15) is 0 Å². The van der Waals surface area contributed by atoms with Gasteiger partial charge in [0.15, 0.2) is 0 Å². The molecular formula is C2H4N2O3Se. The number of carbonyl (C=O) groups excluding carboxylic acids is 1. The van der Waals surface area contributed by atoms with Gasteiger partial charge in [0.25, 0.3) is 0 Å². The first kappa shape index (κ1) is 7.26. The van der Waals surface area contributed by atoms with Gasteiger partial charge in [-0.15, -0.1) is 0 Å². The third-order valence-corrected chi connectivity index (χ3v) is 1.16. The number of hydrogen-bond donors (Lipinski definition) is 2. The summed E-state index contributed by atoms with van der Waals surface area (Å²) in [7, 11) is 0. The van der Waals surface area contributed by atoms with Crippen LogP contribution in [0.5, 0.6) is 0 Å². The number of rotatable bonds is 0. The predicted octanol–water partition coefficient (Wildman–Crippen LogP) is -1.14. The van der Waals surface area contributed by atoms with E-state index in [-0.39, 0.29) is 0 Å². The Bertz CT molecular complexity index is 110. The molecule has 0 aliphatic carbocycles. The average molecular weight is 183 g/mol. The van der Waals surface area contributed by atoms with E-state index in [0.29, 0.717) is 3.92 Å². The van der Waals surface area contributed by atoms with Crippen molar-refractivity contribution in [1.82, 2.24) is 3.92 Å². The van der Waals surface area contributed by atoms with Crippen LogP contribution in [0.15, 0.2) is 0 Å². The molecule has 6 heteroatoms. The fourth-order valence-corrected chi connectivity index (χ4v) is 0.0943. The SMILES string of the molecule is NC(=O)N([SeH])C(=O)O. The minimum absolute atomic E-state index is 0.326. The van der Waals surface area contributed by atoms with E-state index in [1.807, 2.05) is 0 Å². The standard InChI is InChI=1S/C2H4N2O3Se/c3-1(5)4(8)2(6)7/h8H,(H2,3,5)(H,6,7). The summed E-state index contributed by atoms with van der Waals surface area (Å²) in [4.78, 5) is 19.6. The summed E-state index contributed by atoms with van der Waals surface area (Å²) in [6.07, 6.45) is -1.38. The molecule has 0 unspecified atom stereocenters. The normalized spacial score (nSPS) is 8.12. The maximum atomic E-state index is 9.89. The number of carboxylic acid groups (broad SMARTS) is 1. The molecule has 0 fully saturated rings.